The number of nitrogens with one attached hydrogen (secondary N) is 1. The molecule has 1 aromatic rings. The van der Waals surface area contributed by atoms with Crippen LogP contribution in [0.2, 0.25) is 0 Å². The molecule has 0 aliphatic carbocycles. The van der Waals surface area contributed by atoms with Gasteiger partial charge in [0.25, 0.3) is 0 Å². The van der Waals surface area contributed by atoms with Crippen LogP contribution in [-0.4, -0.2) is 18.2 Å². The quantitative estimate of drug-likeness (QED) is 0.874. The van der Waals surface area contributed by atoms with Crippen molar-refractivity contribution in [3.63, 3.8) is 0 Å². The Morgan fingerprint density at radius 3 is 2.22 bits per heavy atom. The van der Waals surface area contributed by atoms with E-state index in [4.69, 9.17) is 4.74 Å². The number of halogens is 2. The van der Waals surface area contributed by atoms with Crippen molar-refractivity contribution >= 4 is 0 Å². The Morgan fingerprint density at radius 2 is 1.61 bits per heavy atom. The molecular formula is C14H17F2NO. The Morgan fingerprint density at radius 1 is 1.00 bits per heavy atom. The van der Waals surface area contributed by atoms with Gasteiger partial charge in [-0.2, -0.15) is 0 Å². The molecule has 0 amide bonds. The topological polar surface area (TPSA) is 21.3 Å². The maximum absolute atomic E-state index is 13.1. The first-order valence-electron chi connectivity index (χ1n) is 6.58. The average Bonchev–Trinajstić information content (AvgIpc) is 2.26. The Labute approximate surface area is 105 Å². The lowest BCUT2D eigenvalue weighted by atomic mass is 9.85. The largest absolute Gasteiger partial charge is 0.490 e. The van der Waals surface area contributed by atoms with Crippen LogP contribution in [0.4, 0.5) is 8.78 Å². The van der Waals surface area contributed by atoms with Crippen molar-refractivity contribution in [2.45, 2.75) is 50.3 Å². The summed E-state index contributed by atoms with van der Waals surface area (Å²) in [6, 6.07) is 4.37. The Kier molecular flexibility index (Phi) is 3.20. The fourth-order valence-corrected chi connectivity index (χ4v) is 3.10. The van der Waals surface area contributed by atoms with Gasteiger partial charge in [-0.05, 0) is 25.7 Å². The van der Waals surface area contributed by atoms with E-state index in [1.165, 1.54) is 31.4 Å². The SMILES string of the molecule is Fc1cc(F)cc(OC2C[C@H]3CCC[C@@H](C2)N3)c1. The zero-order valence-electron chi connectivity index (χ0n) is 10.2. The summed E-state index contributed by atoms with van der Waals surface area (Å²) >= 11 is 0. The molecule has 2 saturated heterocycles. The van der Waals surface area contributed by atoms with Gasteiger partial charge in [0, 0.05) is 30.3 Å². The van der Waals surface area contributed by atoms with E-state index in [2.05, 4.69) is 5.32 Å². The molecule has 2 bridgehead atoms. The summed E-state index contributed by atoms with van der Waals surface area (Å²) in [5, 5.41) is 3.56. The molecule has 4 heteroatoms. The van der Waals surface area contributed by atoms with Gasteiger partial charge in [-0.3, -0.25) is 0 Å². The summed E-state index contributed by atoms with van der Waals surface area (Å²) in [6.07, 6.45) is 5.54. The summed E-state index contributed by atoms with van der Waals surface area (Å²) in [6.45, 7) is 0. The van der Waals surface area contributed by atoms with Crippen molar-refractivity contribution < 1.29 is 13.5 Å². The van der Waals surface area contributed by atoms with Crippen molar-refractivity contribution in [1.82, 2.24) is 5.32 Å². The lowest BCUT2D eigenvalue weighted by Crippen LogP contribution is -2.51. The molecule has 2 aliphatic rings. The fraction of sp³-hybridized carbons (Fsp3) is 0.571. The van der Waals surface area contributed by atoms with Gasteiger partial charge in [-0.15, -0.1) is 0 Å². The van der Waals surface area contributed by atoms with Gasteiger partial charge in [0.15, 0.2) is 0 Å². The van der Waals surface area contributed by atoms with E-state index in [1.807, 2.05) is 0 Å². The van der Waals surface area contributed by atoms with Gasteiger partial charge in [0.05, 0.1) is 0 Å². The summed E-state index contributed by atoms with van der Waals surface area (Å²) in [5.74, 6) is -0.865. The third-order valence-corrected chi connectivity index (χ3v) is 3.81. The van der Waals surface area contributed by atoms with Crippen LogP contribution < -0.4 is 10.1 Å². The zero-order chi connectivity index (χ0) is 12.5. The van der Waals surface area contributed by atoms with Crippen molar-refractivity contribution in [2.75, 3.05) is 0 Å². The highest BCUT2D eigenvalue weighted by atomic mass is 19.1. The molecule has 3 rings (SSSR count). The van der Waals surface area contributed by atoms with Crippen LogP contribution in [0.3, 0.4) is 0 Å². The van der Waals surface area contributed by atoms with Crippen LogP contribution in [0, 0.1) is 11.6 Å². The molecule has 3 atom stereocenters. The van der Waals surface area contributed by atoms with Gasteiger partial charge in [0.1, 0.15) is 23.5 Å². The first kappa shape index (κ1) is 11.9. The molecule has 0 spiro atoms. The minimum atomic E-state index is -0.584. The van der Waals surface area contributed by atoms with E-state index >= 15 is 0 Å². The van der Waals surface area contributed by atoms with E-state index in [0.29, 0.717) is 17.8 Å². The maximum Gasteiger partial charge on any atom is 0.129 e. The van der Waals surface area contributed by atoms with E-state index in [0.717, 1.165) is 18.9 Å². The lowest BCUT2D eigenvalue weighted by Gasteiger charge is -2.40. The average molecular weight is 253 g/mol. The highest BCUT2D eigenvalue weighted by Crippen LogP contribution is 2.29. The van der Waals surface area contributed by atoms with Crippen LogP contribution in [0.5, 0.6) is 5.75 Å². The molecule has 2 aliphatic heterocycles. The molecule has 1 N–H and O–H groups in total. The standard InChI is InChI=1S/C14H17F2NO/c15-9-4-10(16)6-13(5-9)18-14-7-11-2-1-3-12(8-14)17-11/h4-6,11-12,14,17H,1-3,7-8H2/t11-,12+,14?. The molecule has 0 saturated carbocycles. The van der Waals surface area contributed by atoms with Crippen LogP contribution in [0.25, 0.3) is 0 Å². The first-order valence-corrected chi connectivity index (χ1v) is 6.58. The molecule has 0 aromatic heterocycles. The molecular weight excluding hydrogens is 236 g/mol. The van der Waals surface area contributed by atoms with Crippen LogP contribution >= 0.6 is 0 Å². The van der Waals surface area contributed by atoms with Gasteiger partial charge < -0.3 is 10.1 Å². The van der Waals surface area contributed by atoms with Gasteiger partial charge in [-0.1, -0.05) is 6.42 Å². The second-order valence-corrected chi connectivity index (χ2v) is 5.31. The number of benzene rings is 1. The van der Waals surface area contributed by atoms with Crippen LogP contribution in [0.15, 0.2) is 18.2 Å². The number of ether oxygens (including phenoxy) is 1. The molecule has 98 valence electrons. The molecule has 18 heavy (non-hydrogen) atoms. The zero-order valence-corrected chi connectivity index (χ0v) is 10.2. The third-order valence-electron chi connectivity index (χ3n) is 3.81. The predicted octanol–water partition coefficient (Wildman–Crippen LogP) is 3.02. The summed E-state index contributed by atoms with van der Waals surface area (Å²) in [7, 11) is 0. The van der Waals surface area contributed by atoms with E-state index < -0.39 is 11.6 Å². The number of hydrogen-bond acceptors (Lipinski definition) is 2. The van der Waals surface area contributed by atoms with Gasteiger partial charge in [0.2, 0.25) is 0 Å². The van der Waals surface area contributed by atoms with Crippen molar-refractivity contribution in [3.05, 3.63) is 29.8 Å². The Bertz CT molecular complexity index is 406. The smallest absolute Gasteiger partial charge is 0.129 e. The number of fused-ring (bicyclic) bond motifs is 2. The van der Waals surface area contributed by atoms with E-state index in [-0.39, 0.29) is 6.10 Å². The monoisotopic (exact) mass is 253 g/mol. The number of rotatable bonds is 2. The summed E-state index contributed by atoms with van der Waals surface area (Å²) in [5.41, 5.74) is 0. The molecule has 1 unspecified atom stereocenters. The minimum Gasteiger partial charge on any atom is -0.490 e. The second kappa shape index (κ2) is 4.84. The van der Waals surface area contributed by atoms with E-state index in [9.17, 15) is 8.78 Å². The Hall–Kier alpha value is -1.16. The molecule has 2 fully saturated rings. The van der Waals surface area contributed by atoms with Crippen molar-refractivity contribution in [1.29, 1.82) is 0 Å². The maximum atomic E-state index is 13.1. The summed E-state index contributed by atoms with van der Waals surface area (Å²) < 4.78 is 31.9. The van der Waals surface area contributed by atoms with Crippen molar-refractivity contribution in [3.8, 4) is 5.75 Å². The normalized spacial score (nSPS) is 31.1. The van der Waals surface area contributed by atoms with Crippen molar-refractivity contribution in [2.24, 2.45) is 0 Å². The highest BCUT2D eigenvalue weighted by Gasteiger charge is 2.32. The first-order chi connectivity index (χ1) is 8.69. The van der Waals surface area contributed by atoms with Crippen LogP contribution in [-0.2, 0) is 0 Å². The fourth-order valence-electron chi connectivity index (χ4n) is 3.10. The van der Waals surface area contributed by atoms with Gasteiger partial charge >= 0.3 is 0 Å². The van der Waals surface area contributed by atoms with Gasteiger partial charge in [-0.25, -0.2) is 8.78 Å². The predicted molar refractivity (Wildman–Crippen MR) is 64.6 cm³/mol. The number of piperidine rings is 2. The molecule has 2 heterocycles. The third kappa shape index (κ3) is 2.64. The highest BCUT2D eigenvalue weighted by molar-refractivity contribution is 5.24. The Balaban J connectivity index is 1.68. The second-order valence-electron chi connectivity index (χ2n) is 5.31. The molecule has 2 nitrogen and oxygen atoms in total. The van der Waals surface area contributed by atoms with Crippen LogP contribution in [0.1, 0.15) is 32.1 Å². The van der Waals surface area contributed by atoms with E-state index in [1.54, 1.807) is 0 Å². The lowest BCUT2D eigenvalue weighted by molar-refractivity contribution is 0.0922. The molecule has 0 radical (unpaired) electrons. The molecule has 1 aromatic carbocycles. The minimum absolute atomic E-state index is 0.0720. The summed E-state index contributed by atoms with van der Waals surface area (Å²) in [4.78, 5) is 0. The number of hydrogen-bond donors (Lipinski definition) is 1.